The Morgan fingerprint density at radius 3 is 2.41 bits per heavy atom. The van der Waals surface area contributed by atoms with Gasteiger partial charge in [0.2, 0.25) is 0 Å². The number of carbonyl (C=O) groups is 2. The van der Waals surface area contributed by atoms with E-state index in [2.05, 4.69) is 19.2 Å². The van der Waals surface area contributed by atoms with Gasteiger partial charge in [-0.2, -0.15) is 0 Å². The first kappa shape index (κ1) is 21.2. The van der Waals surface area contributed by atoms with Crippen LogP contribution in [0.3, 0.4) is 0 Å². The molecule has 1 aromatic rings. The summed E-state index contributed by atoms with van der Waals surface area (Å²) in [6, 6.07) is 7.67. The first-order chi connectivity index (χ1) is 12.7. The molecule has 1 aliphatic rings. The van der Waals surface area contributed by atoms with E-state index >= 15 is 0 Å². The molecule has 1 aliphatic heterocycles. The fourth-order valence-corrected chi connectivity index (χ4v) is 3.35. The minimum Gasteiger partial charge on any atom is -0.453 e. The Balaban J connectivity index is 2.64. The molecule has 146 valence electrons. The van der Waals surface area contributed by atoms with E-state index in [0.29, 0.717) is 11.5 Å². The van der Waals surface area contributed by atoms with Crippen molar-refractivity contribution in [3.05, 3.63) is 52.2 Å². The first-order valence-corrected chi connectivity index (χ1v) is 9.48. The molecule has 6 heteroatoms. The molecule has 2 rings (SSSR count). The molecule has 0 radical (unpaired) electrons. The maximum Gasteiger partial charge on any atom is 0.337 e. The van der Waals surface area contributed by atoms with E-state index in [1.807, 2.05) is 38.1 Å². The fraction of sp³-hybridized carbons (Fsp3) is 0.429. The fourth-order valence-electron chi connectivity index (χ4n) is 3.30. The number of hydrogen-bond acceptors (Lipinski definition) is 5. The summed E-state index contributed by atoms with van der Waals surface area (Å²) in [5.74, 6) is -0.128. The highest BCUT2D eigenvalue weighted by atomic mass is 35.5. The van der Waals surface area contributed by atoms with Gasteiger partial charge in [0.05, 0.1) is 11.6 Å². The highest BCUT2D eigenvalue weighted by Gasteiger charge is 2.32. The molecule has 0 bridgehead atoms. The summed E-state index contributed by atoms with van der Waals surface area (Å²) in [6.45, 7) is 8.01. The summed E-state index contributed by atoms with van der Waals surface area (Å²) in [4.78, 5) is 23.8. The molecular weight excluding hydrogens is 364 g/mol. The second-order valence-electron chi connectivity index (χ2n) is 7.21. The molecule has 1 unspecified atom stereocenters. The largest absolute Gasteiger partial charge is 0.453 e. The lowest BCUT2D eigenvalue weighted by Crippen LogP contribution is -2.38. The van der Waals surface area contributed by atoms with Crippen molar-refractivity contribution in [2.24, 2.45) is 11.7 Å². The van der Waals surface area contributed by atoms with Gasteiger partial charge < -0.3 is 15.8 Å². The Kier molecular flexibility index (Phi) is 7.22. The van der Waals surface area contributed by atoms with Crippen molar-refractivity contribution in [1.82, 2.24) is 5.32 Å². The molecule has 5 nitrogen and oxygen atoms in total. The van der Waals surface area contributed by atoms with Gasteiger partial charge in [-0.1, -0.05) is 43.7 Å². The predicted octanol–water partition coefficient (Wildman–Crippen LogP) is 3.31. The van der Waals surface area contributed by atoms with Crippen LogP contribution in [-0.2, 0) is 14.3 Å². The summed E-state index contributed by atoms with van der Waals surface area (Å²) in [5.41, 5.74) is 11.3. The Labute approximate surface area is 165 Å². The standard InChI is InChI=1S/C21H27ClN2O3/c1-12(2)9-17-16(10-23)20(15-7-5-13(3)6-8-15)19(14(4)24-17)21(26)27-11-18(22)25/h5-8,12,14,24H,9-11,23H2,1-4H3. The summed E-state index contributed by atoms with van der Waals surface area (Å²) < 4.78 is 5.12. The lowest BCUT2D eigenvalue weighted by atomic mass is 9.84. The Bertz CT molecular complexity index is 779. The molecular formula is C21H27ClN2O3. The van der Waals surface area contributed by atoms with Crippen LogP contribution in [0.25, 0.3) is 5.57 Å². The topological polar surface area (TPSA) is 81.4 Å². The van der Waals surface area contributed by atoms with Crippen molar-refractivity contribution >= 4 is 28.4 Å². The quantitative estimate of drug-likeness (QED) is 0.551. The van der Waals surface area contributed by atoms with Crippen molar-refractivity contribution in [3.63, 3.8) is 0 Å². The maximum atomic E-state index is 12.8. The minimum atomic E-state index is -0.715. The van der Waals surface area contributed by atoms with E-state index in [1.165, 1.54) is 0 Å². The normalized spacial score (nSPS) is 17.2. The van der Waals surface area contributed by atoms with Gasteiger partial charge in [0.15, 0.2) is 6.61 Å². The van der Waals surface area contributed by atoms with Crippen LogP contribution in [0.5, 0.6) is 0 Å². The number of dihydropyridines is 1. The average molecular weight is 391 g/mol. The number of ether oxygens (including phenoxy) is 1. The zero-order valence-corrected chi connectivity index (χ0v) is 17.0. The lowest BCUT2D eigenvalue weighted by molar-refractivity contribution is -0.142. The van der Waals surface area contributed by atoms with Gasteiger partial charge in [0.1, 0.15) is 0 Å². The lowest BCUT2D eigenvalue weighted by Gasteiger charge is -2.32. The van der Waals surface area contributed by atoms with Crippen molar-refractivity contribution in [3.8, 4) is 0 Å². The highest BCUT2D eigenvalue weighted by molar-refractivity contribution is 6.64. The van der Waals surface area contributed by atoms with Crippen LogP contribution in [0.15, 0.2) is 41.1 Å². The van der Waals surface area contributed by atoms with E-state index in [1.54, 1.807) is 0 Å². The molecule has 27 heavy (non-hydrogen) atoms. The van der Waals surface area contributed by atoms with E-state index in [0.717, 1.165) is 34.4 Å². The summed E-state index contributed by atoms with van der Waals surface area (Å²) in [6.07, 6.45) is 0.828. The number of carbonyl (C=O) groups excluding carboxylic acids is 2. The van der Waals surface area contributed by atoms with Crippen LogP contribution in [0.4, 0.5) is 0 Å². The van der Waals surface area contributed by atoms with Crippen LogP contribution < -0.4 is 11.1 Å². The molecule has 0 aliphatic carbocycles. The van der Waals surface area contributed by atoms with Crippen LogP contribution in [0, 0.1) is 12.8 Å². The van der Waals surface area contributed by atoms with Crippen molar-refractivity contribution < 1.29 is 14.3 Å². The Hall–Kier alpha value is -2.11. The van der Waals surface area contributed by atoms with Crippen LogP contribution in [-0.4, -0.2) is 30.4 Å². The number of hydrogen-bond donors (Lipinski definition) is 2. The van der Waals surface area contributed by atoms with Crippen LogP contribution in [0.1, 0.15) is 38.3 Å². The monoisotopic (exact) mass is 390 g/mol. The van der Waals surface area contributed by atoms with E-state index in [9.17, 15) is 9.59 Å². The smallest absolute Gasteiger partial charge is 0.337 e. The predicted molar refractivity (Wildman–Crippen MR) is 108 cm³/mol. The second kappa shape index (κ2) is 9.20. The molecule has 0 aromatic heterocycles. The number of halogens is 1. The third-order valence-electron chi connectivity index (χ3n) is 4.45. The SMILES string of the molecule is Cc1ccc(C2=C(C(=O)OCC(=O)Cl)C(C)NC(CC(C)C)=C2CN)cc1. The zero-order valence-electron chi connectivity index (χ0n) is 16.3. The highest BCUT2D eigenvalue weighted by Crippen LogP contribution is 2.35. The first-order valence-electron chi connectivity index (χ1n) is 9.10. The van der Waals surface area contributed by atoms with Crippen LogP contribution >= 0.6 is 11.6 Å². The summed E-state index contributed by atoms with van der Waals surface area (Å²) in [5, 5.41) is 2.69. The molecule has 0 saturated carbocycles. The Morgan fingerprint density at radius 1 is 1.26 bits per heavy atom. The molecule has 1 heterocycles. The van der Waals surface area contributed by atoms with Crippen molar-refractivity contribution in [2.75, 3.05) is 13.2 Å². The Morgan fingerprint density at radius 2 is 1.89 bits per heavy atom. The molecule has 0 spiro atoms. The van der Waals surface area contributed by atoms with Crippen LogP contribution in [0.2, 0.25) is 0 Å². The molecule has 1 aromatic carbocycles. The molecule has 1 atom stereocenters. The number of nitrogens with one attached hydrogen (secondary N) is 1. The minimum absolute atomic E-state index is 0.275. The number of rotatable bonds is 7. The van der Waals surface area contributed by atoms with Gasteiger partial charge >= 0.3 is 5.97 Å². The number of allylic oxidation sites excluding steroid dienone is 1. The van der Waals surface area contributed by atoms with Gasteiger partial charge in [-0.05, 0) is 48.9 Å². The number of nitrogens with two attached hydrogens (primary N) is 1. The molecule has 0 amide bonds. The third kappa shape index (κ3) is 5.21. The van der Waals surface area contributed by atoms with Gasteiger partial charge in [0, 0.05) is 17.8 Å². The van der Waals surface area contributed by atoms with Gasteiger partial charge in [-0.25, -0.2) is 4.79 Å². The van der Waals surface area contributed by atoms with Gasteiger partial charge in [-0.3, -0.25) is 4.79 Å². The summed E-state index contributed by atoms with van der Waals surface area (Å²) >= 11 is 5.33. The maximum absolute atomic E-state index is 12.8. The second-order valence-corrected chi connectivity index (χ2v) is 7.63. The third-order valence-corrected chi connectivity index (χ3v) is 4.56. The van der Waals surface area contributed by atoms with Gasteiger partial charge in [0.25, 0.3) is 5.24 Å². The van der Waals surface area contributed by atoms with Gasteiger partial charge in [-0.15, -0.1) is 0 Å². The number of esters is 1. The molecule has 0 saturated heterocycles. The van der Waals surface area contributed by atoms with E-state index in [-0.39, 0.29) is 12.6 Å². The van der Waals surface area contributed by atoms with E-state index < -0.39 is 17.8 Å². The number of benzene rings is 1. The molecule has 0 fully saturated rings. The summed E-state index contributed by atoms with van der Waals surface area (Å²) in [7, 11) is 0. The van der Waals surface area contributed by atoms with Crippen molar-refractivity contribution in [1.29, 1.82) is 0 Å². The number of aryl methyl sites for hydroxylation is 1. The molecule has 3 N–H and O–H groups in total. The zero-order chi connectivity index (χ0) is 20.1. The van der Waals surface area contributed by atoms with E-state index in [4.69, 9.17) is 22.1 Å². The van der Waals surface area contributed by atoms with Crippen molar-refractivity contribution in [2.45, 2.75) is 40.2 Å². The average Bonchev–Trinajstić information content (AvgIpc) is 2.59.